The van der Waals surface area contributed by atoms with Crippen LogP contribution in [-0.2, 0) is 4.79 Å². The number of phenolic OH excluding ortho intramolecular Hbond substituents is 4. The van der Waals surface area contributed by atoms with Gasteiger partial charge in [0.2, 0.25) is 17.1 Å². The molecule has 11 nitrogen and oxygen atoms in total. The number of aromatic hydroxyl groups is 4. The molecule has 1 aliphatic rings. The largest absolute Gasteiger partial charge is 0.504 e. The number of amides is 2. The van der Waals surface area contributed by atoms with Gasteiger partial charge in [-0.3, -0.25) is 15.0 Å². The zero-order chi connectivity index (χ0) is 24.4. The zero-order valence-corrected chi connectivity index (χ0v) is 17.7. The molecule has 2 heterocycles. The lowest BCUT2D eigenvalue weighted by Gasteiger charge is -2.19. The molecular weight excluding hydrogens is 446 g/mol. The van der Waals surface area contributed by atoms with Crippen molar-refractivity contribution in [3.8, 4) is 28.7 Å². The van der Waals surface area contributed by atoms with Crippen molar-refractivity contribution in [1.82, 2.24) is 10.6 Å². The quantitative estimate of drug-likeness (QED) is 0.210. The van der Waals surface area contributed by atoms with E-state index in [9.17, 15) is 30.0 Å². The first-order valence-electron chi connectivity index (χ1n) is 10.2. The average molecular weight is 467 g/mol. The lowest BCUT2D eigenvalue weighted by Crippen LogP contribution is -2.33. The number of nitrogens with one attached hydrogen (secondary N) is 3. The fourth-order valence-corrected chi connectivity index (χ4v) is 3.40. The molecule has 0 saturated heterocycles. The first-order valence-corrected chi connectivity index (χ1v) is 10.2. The van der Waals surface area contributed by atoms with E-state index in [-0.39, 0.29) is 54.0 Å². The fraction of sp³-hybridized carbons (Fsp3) is 0.174. The second-order valence-electron chi connectivity index (χ2n) is 7.52. The monoisotopic (exact) mass is 467 g/mol. The van der Waals surface area contributed by atoms with E-state index in [1.165, 1.54) is 30.3 Å². The molecule has 0 fully saturated rings. The summed E-state index contributed by atoms with van der Waals surface area (Å²) in [5.41, 5.74) is 0.198. The Kier molecular flexibility index (Phi) is 6.00. The van der Waals surface area contributed by atoms with Gasteiger partial charge in [0.15, 0.2) is 22.8 Å². The number of benzene rings is 2. The SMILES string of the molecule is N=c1oc2c(O)c(O)ccc2cc1C(=O)NCCCNC(=O)C1=Cc2ccc(O)c(O)c2OC1. The van der Waals surface area contributed by atoms with E-state index in [0.29, 0.717) is 22.9 Å². The number of phenols is 4. The number of carbonyl (C=O) groups excluding carboxylic acids is 2. The van der Waals surface area contributed by atoms with Gasteiger partial charge in [0.1, 0.15) is 12.2 Å². The molecule has 0 spiro atoms. The van der Waals surface area contributed by atoms with Gasteiger partial charge >= 0.3 is 0 Å². The number of rotatable bonds is 6. The van der Waals surface area contributed by atoms with Crippen LogP contribution in [0, 0.1) is 5.41 Å². The molecular formula is C23H21N3O8. The van der Waals surface area contributed by atoms with E-state index in [2.05, 4.69) is 10.6 Å². The molecule has 3 aromatic rings. The van der Waals surface area contributed by atoms with Crippen LogP contribution in [-0.4, -0.2) is 51.9 Å². The average Bonchev–Trinajstić information content (AvgIpc) is 2.83. The molecule has 0 aliphatic carbocycles. The van der Waals surface area contributed by atoms with Gasteiger partial charge in [0.25, 0.3) is 11.8 Å². The molecule has 2 aromatic carbocycles. The molecule has 4 rings (SSSR count). The van der Waals surface area contributed by atoms with Crippen LogP contribution in [0.2, 0.25) is 0 Å². The molecule has 1 aliphatic heterocycles. The van der Waals surface area contributed by atoms with Crippen molar-refractivity contribution in [3.05, 3.63) is 52.6 Å². The standard InChI is InChI=1S/C23H21N3O8/c24-21-14(9-12-3-5-16(28)18(30)20(12)34-21)23(32)26-7-1-6-25-22(31)13-8-11-2-4-15(27)17(29)19(11)33-10-13/h2-5,8-9,24,27-30H,1,6-7,10H2,(H,25,31)(H,26,32). The molecule has 0 bridgehead atoms. The van der Waals surface area contributed by atoms with Crippen LogP contribution >= 0.6 is 0 Å². The van der Waals surface area contributed by atoms with Gasteiger partial charge in [-0.2, -0.15) is 0 Å². The van der Waals surface area contributed by atoms with E-state index < -0.39 is 23.0 Å². The van der Waals surface area contributed by atoms with Crippen LogP contribution in [0.3, 0.4) is 0 Å². The Morgan fingerprint density at radius 2 is 1.62 bits per heavy atom. The maximum Gasteiger partial charge on any atom is 0.256 e. The molecule has 2 amide bonds. The van der Waals surface area contributed by atoms with E-state index in [4.69, 9.17) is 14.6 Å². The highest BCUT2D eigenvalue weighted by Crippen LogP contribution is 2.41. The highest BCUT2D eigenvalue weighted by Gasteiger charge is 2.21. The van der Waals surface area contributed by atoms with Gasteiger partial charge in [0.05, 0.1) is 5.57 Å². The summed E-state index contributed by atoms with van der Waals surface area (Å²) in [4.78, 5) is 24.8. The Morgan fingerprint density at radius 3 is 2.38 bits per heavy atom. The molecule has 0 unspecified atom stereocenters. The number of fused-ring (bicyclic) bond motifs is 2. The van der Waals surface area contributed by atoms with Crippen molar-refractivity contribution in [1.29, 1.82) is 5.41 Å². The summed E-state index contributed by atoms with van der Waals surface area (Å²) in [6, 6.07) is 6.90. The summed E-state index contributed by atoms with van der Waals surface area (Å²) in [7, 11) is 0. The molecule has 1 aromatic heterocycles. The number of hydrogen-bond acceptors (Lipinski definition) is 9. The van der Waals surface area contributed by atoms with Gasteiger partial charge in [-0.15, -0.1) is 0 Å². The summed E-state index contributed by atoms with van der Waals surface area (Å²) in [6.07, 6.45) is 1.97. The maximum absolute atomic E-state index is 12.4. The van der Waals surface area contributed by atoms with Crippen molar-refractivity contribution < 1.29 is 39.2 Å². The third-order valence-electron chi connectivity index (χ3n) is 5.19. The normalized spacial score (nSPS) is 12.4. The Hall–Kier alpha value is -4.67. The fourth-order valence-electron chi connectivity index (χ4n) is 3.40. The third-order valence-corrected chi connectivity index (χ3v) is 5.19. The zero-order valence-electron chi connectivity index (χ0n) is 17.7. The minimum absolute atomic E-state index is 0.0425. The van der Waals surface area contributed by atoms with Gasteiger partial charge in [0, 0.05) is 24.0 Å². The highest BCUT2D eigenvalue weighted by molar-refractivity contribution is 5.99. The Bertz CT molecular complexity index is 1390. The topological polar surface area (TPSA) is 185 Å². The van der Waals surface area contributed by atoms with Gasteiger partial charge < -0.3 is 40.2 Å². The second kappa shape index (κ2) is 9.06. The molecule has 34 heavy (non-hydrogen) atoms. The predicted octanol–water partition coefficient (Wildman–Crippen LogP) is 1.45. The van der Waals surface area contributed by atoms with E-state index in [0.717, 1.165) is 0 Å². The second-order valence-corrected chi connectivity index (χ2v) is 7.52. The van der Waals surface area contributed by atoms with Crippen molar-refractivity contribution in [3.63, 3.8) is 0 Å². The van der Waals surface area contributed by atoms with Crippen LogP contribution in [0.1, 0.15) is 22.3 Å². The Labute approximate surface area is 192 Å². The van der Waals surface area contributed by atoms with Crippen LogP contribution < -0.4 is 20.9 Å². The number of hydrogen-bond donors (Lipinski definition) is 7. The van der Waals surface area contributed by atoms with Gasteiger partial charge in [-0.1, -0.05) is 0 Å². The molecule has 0 radical (unpaired) electrons. The summed E-state index contributed by atoms with van der Waals surface area (Å²) in [6.45, 7) is 0.397. The van der Waals surface area contributed by atoms with E-state index in [1.807, 2.05) is 0 Å². The lowest BCUT2D eigenvalue weighted by molar-refractivity contribution is -0.117. The first-order chi connectivity index (χ1) is 16.3. The maximum atomic E-state index is 12.4. The van der Waals surface area contributed by atoms with Crippen LogP contribution in [0.15, 0.2) is 40.3 Å². The molecule has 176 valence electrons. The van der Waals surface area contributed by atoms with Crippen LogP contribution in [0.25, 0.3) is 17.0 Å². The molecule has 7 N–H and O–H groups in total. The highest BCUT2D eigenvalue weighted by atomic mass is 16.5. The van der Waals surface area contributed by atoms with Gasteiger partial charge in [-0.25, -0.2) is 0 Å². The molecule has 0 saturated carbocycles. The summed E-state index contributed by atoms with van der Waals surface area (Å²) >= 11 is 0. The van der Waals surface area contributed by atoms with Crippen LogP contribution in [0.4, 0.5) is 0 Å². The summed E-state index contributed by atoms with van der Waals surface area (Å²) in [5, 5.41) is 52.3. The minimum Gasteiger partial charge on any atom is -0.504 e. The predicted molar refractivity (Wildman–Crippen MR) is 119 cm³/mol. The van der Waals surface area contributed by atoms with Gasteiger partial charge in [-0.05, 0) is 42.8 Å². The smallest absolute Gasteiger partial charge is 0.256 e. The number of ether oxygens (including phenoxy) is 1. The Balaban J connectivity index is 1.30. The van der Waals surface area contributed by atoms with Crippen molar-refractivity contribution >= 4 is 28.9 Å². The summed E-state index contributed by atoms with van der Waals surface area (Å²) in [5.74, 6) is -2.41. The lowest BCUT2D eigenvalue weighted by atomic mass is 10.1. The summed E-state index contributed by atoms with van der Waals surface area (Å²) < 4.78 is 10.6. The van der Waals surface area contributed by atoms with E-state index in [1.54, 1.807) is 6.08 Å². The van der Waals surface area contributed by atoms with Crippen molar-refractivity contribution in [2.75, 3.05) is 19.7 Å². The Morgan fingerprint density at radius 1 is 0.941 bits per heavy atom. The molecule has 11 heteroatoms. The minimum atomic E-state index is -0.558. The first kappa shape index (κ1) is 22.5. The third kappa shape index (κ3) is 4.31. The van der Waals surface area contributed by atoms with Crippen molar-refractivity contribution in [2.45, 2.75) is 6.42 Å². The molecule has 0 atom stereocenters. The number of carbonyl (C=O) groups is 2. The van der Waals surface area contributed by atoms with Crippen LogP contribution in [0.5, 0.6) is 28.7 Å². The van der Waals surface area contributed by atoms with Crippen molar-refractivity contribution in [2.24, 2.45) is 0 Å². The van der Waals surface area contributed by atoms with E-state index >= 15 is 0 Å².